The minimum atomic E-state index is -3.04. The third kappa shape index (κ3) is 5.92. The lowest BCUT2D eigenvalue weighted by Crippen LogP contribution is -2.16. The van der Waals surface area contributed by atoms with E-state index in [2.05, 4.69) is 21.4 Å². The van der Waals surface area contributed by atoms with Crippen molar-refractivity contribution in [2.24, 2.45) is 0 Å². The Labute approximate surface area is 114 Å². The van der Waals surface area contributed by atoms with Gasteiger partial charge in [0.25, 0.3) is 0 Å². The lowest BCUT2D eigenvalue weighted by Gasteiger charge is -2.13. The molecule has 20 heavy (non-hydrogen) atoms. The maximum Gasteiger partial charge on any atom is 0.387 e. The molecule has 1 N–H and O–H groups in total. The quantitative estimate of drug-likeness (QED) is 0.587. The zero-order valence-electron chi connectivity index (χ0n) is 10.8. The van der Waals surface area contributed by atoms with Crippen LogP contribution < -0.4 is 14.8 Å². The van der Waals surface area contributed by atoms with Gasteiger partial charge in [-0.2, -0.15) is 17.6 Å². The van der Waals surface area contributed by atoms with Gasteiger partial charge in [-0.1, -0.05) is 18.2 Å². The summed E-state index contributed by atoms with van der Waals surface area (Å²) in [5.41, 5.74) is 1.28. The van der Waals surface area contributed by atoms with Crippen molar-refractivity contribution in [2.45, 2.75) is 26.7 Å². The number of halogens is 4. The first-order chi connectivity index (χ1) is 9.38. The highest BCUT2D eigenvalue weighted by Crippen LogP contribution is 2.27. The second-order valence-corrected chi connectivity index (χ2v) is 4.09. The van der Waals surface area contributed by atoms with E-state index in [1.54, 1.807) is 0 Å². The van der Waals surface area contributed by atoms with Crippen molar-refractivity contribution in [2.75, 3.05) is 6.54 Å². The predicted octanol–water partition coefficient (Wildman–Crippen LogP) is 3.56. The van der Waals surface area contributed by atoms with E-state index in [0.717, 1.165) is 11.6 Å². The Morgan fingerprint density at radius 2 is 1.85 bits per heavy atom. The highest BCUT2D eigenvalue weighted by molar-refractivity contribution is 5.40. The first kappa shape index (κ1) is 16.3. The molecule has 0 fully saturated rings. The molecule has 0 bridgehead atoms. The third-order valence-corrected chi connectivity index (χ3v) is 2.22. The minimum absolute atomic E-state index is 0.202. The first-order valence-electron chi connectivity index (χ1n) is 5.76. The molecule has 0 aromatic heterocycles. The highest BCUT2D eigenvalue weighted by atomic mass is 19.3. The first-order valence-corrected chi connectivity index (χ1v) is 5.76. The Kier molecular flexibility index (Phi) is 6.30. The Hall–Kier alpha value is -1.76. The van der Waals surface area contributed by atoms with Crippen LogP contribution in [0.25, 0.3) is 0 Å². The maximum atomic E-state index is 12.3. The molecular formula is C13H15F4NO2. The van der Waals surface area contributed by atoms with Crippen LogP contribution in [-0.2, 0) is 6.54 Å². The van der Waals surface area contributed by atoms with Crippen LogP contribution in [-0.4, -0.2) is 19.8 Å². The zero-order valence-corrected chi connectivity index (χ0v) is 10.8. The van der Waals surface area contributed by atoms with E-state index >= 15 is 0 Å². The molecule has 1 rings (SSSR count). The smallest absolute Gasteiger partial charge is 0.387 e. The maximum absolute atomic E-state index is 12.3. The summed E-state index contributed by atoms with van der Waals surface area (Å²) in [6.07, 6.45) is 0. The number of nitrogens with one attached hydrogen (secondary N) is 1. The summed E-state index contributed by atoms with van der Waals surface area (Å²) in [4.78, 5) is 0. The van der Waals surface area contributed by atoms with Crippen molar-refractivity contribution >= 4 is 0 Å². The van der Waals surface area contributed by atoms with Gasteiger partial charge in [0.15, 0.2) is 0 Å². The Morgan fingerprint density at radius 1 is 1.20 bits per heavy atom. The van der Waals surface area contributed by atoms with Crippen LogP contribution in [0.1, 0.15) is 12.5 Å². The molecule has 0 radical (unpaired) electrons. The van der Waals surface area contributed by atoms with Crippen LogP contribution in [0.4, 0.5) is 17.6 Å². The fourth-order valence-electron chi connectivity index (χ4n) is 1.47. The van der Waals surface area contributed by atoms with Crippen molar-refractivity contribution < 1.29 is 27.0 Å². The molecule has 0 spiro atoms. The van der Waals surface area contributed by atoms with E-state index in [0.29, 0.717) is 12.1 Å². The highest BCUT2D eigenvalue weighted by Gasteiger charge is 2.13. The van der Waals surface area contributed by atoms with Gasteiger partial charge in [-0.25, -0.2) is 0 Å². The molecule has 7 heteroatoms. The molecule has 0 saturated carbocycles. The topological polar surface area (TPSA) is 30.5 Å². The number of hydrogen-bond donors (Lipinski definition) is 1. The normalized spacial score (nSPS) is 10.9. The van der Waals surface area contributed by atoms with Gasteiger partial charge in [0.1, 0.15) is 11.5 Å². The Morgan fingerprint density at radius 3 is 2.40 bits per heavy atom. The summed E-state index contributed by atoms with van der Waals surface area (Å²) in [5.74, 6) is -0.438. The fourth-order valence-corrected chi connectivity index (χ4v) is 1.47. The van der Waals surface area contributed by atoms with Crippen LogP contribution in [0, 0.1) is 0 Å². The summed E-state index contributed by atoms with van der Waals surface area (Å²) in [5, 5.41) is 2.96. The van der Waals surface area contributed by atoms with Crippen LogP contribution in [0.15, 0.2) is 30.4 Å². The predicted molar refractivity (Wildman–Crippen MR) is 66.2 cm³/mol. The SMILES string of the molecule is C=C(C)CNCc1ccc(OC(F)F)cc1OC(F)F. The average molecular weight is 293 g/mol. The molecule has 0 aliphatic rings. The molecule has 3 nitrogen and oxygen atoms in total. The monoisotopic (exact) mass is 293 g/mol. The van der Waals surface area contributed by atoms with Gasteiger partial charge in [0, 0.05) is 24.7 Å². The lowest BCUT2D eigenvalue weighted by atomic mass is 10.2. The van der Waals surface area contributed by atoms with Crippen LogP contribution in [0.2, 0.25) is 0 Å². The standard InChI is InChI=1S/C13H15F4NO2/c1-8(2)6-18-7-9-3-4-10(19-12(14)15)5-11(9)20-13(16)17/h3-5,12-13,18H,1,6-7H2,2H3. The van der Waals surface area contributed by atoms with Gasteiger partial charge in [-0.05, 0) is 13.0 Å². The van der Waals surface area contributed by atoms with Crippen molar-refractivity contribution in [3.63, 3.8) is 0 Å². The minimum Gasteiger partial charge on any atom is -0.435 e. The molecular weight excluding hydrogens is 278 g/mol. The van der Waals surface area contributed by atoms with Crippen molar-refractivity contribution in [1.82, 2.24) is 5.32 Å². The molecule has 1 aromatic rings. The fraction of sp³-hybridized carbons (Fsp3) is 0.385. The molecule has 1 aromatic carbocycles. The Bertz CT molecular complexity index is 452. The molecule has 0 saturated heterocycles. The lowest BCUT2D eigenvalue weighted by molar-refractivity contribution is -0.0546. The molecule has 0 aliphatic heterocycles. The van der Waals surface area contributed by atoms with E-state index in [1.807, 2.05) is 6.92 Å². The summed E-state index contributed by atoms with van der Waals surface area (Å²) in [6, 6.07) is 3.67. The number of ether oxygens (including phenoxy) is 2. The summed E-state index contributed by atoms with van der Waals surface area (Å²) in [7, 11) is 0. The van der Waals surface area contributed by atoms with E-state index < -0.39 is 13.2 Å². The number of benzene rings is 1. The molecule has 0 aliphatic carbocycles. The molecule has 112 valence electrons. The van der Waals surface area contributed by atoms with Gasteiger partial charge >= 0.3 is 13.2 Å². The molecule has 0 atom stereocenters. The third-order valence-electron chi connectivity index (χ3n) is 2.22. The second kappa shape index (κ2) is 7.74. The summed E-state index contributed by atoms with van der Waals surface area (Å²) >= 11 is 0. The van der Waals surface area contributed by atoms with Gasteiger partial charge in [-0.3, -0.25) is 0 Å². The van der Waals surface area contributed by atoms with E-state index in [9.17, 15) is 17.6 Å². The molecule has 0 amide bonds. The van der Waals surface area contributed by atoms with E-state index in [1.165, 1.54) is 12.1 Å². The van der Waals surface area contributed by atoms with Crippen molar-refractivity contribution in [3.8, 4) is 11.5 Å². The Balaban J connectivity index is 2.82. The van der Waals surface area contributed by atoms with E-state index in [4.69, 9.17) is 0 Å². The van der Waals surface area contributed by atoms with Crippen LogP contribution in [0.3, 0.4) is 0 Å². The number of hydrogen-bond acceptors (Lipinski definition) is 3. The number of alkyl halides is 4. The largest absolute Gasteiger partial charge is 0.435 e. The average Bonchev–Trinajstić information content (AvgIpc) is 2.29. The van der Waals surface area contributed by atoms with Crippen LogP contribution >= 0.6 is 0 Å². The van der Waals surface area contributed by atoms with Gasteiger partial charge in [0.2, 0.25) is 0 Å². The zero-order chi connectivity index (χ0) is 15.1. The summed E-state index contributed by atoms with van der Waals surface area (Å²) < 4.78 is 57.2. The second-order valence-electron chi connectivity index (χ2n) is 4.09. The molecule has 0 heterocycles. The van der Waals surface area contributed by atoms with Crippen molar-refractivity contribution in [3.05, 3.63) is 35.9 Å². The van der Waals surface area contributed by atoms with E-state index in [-0.39, 0.29) is 18.0 Å². The van der Waals surface area contributed by atoms with Crippen LogP contribution in [0.5, 0.6) is 11.5 Å². The van der Waals surface area contributed by atoms with Gasteiger partial charge < -0.3 is 14.8 Å². The van der Waals surface area contributed by atoms with Gasteiger partial charge in [-0.15, -0.1) is 0 Å². The van der Waals surface area contributed by atoms with Crippen molar-refractivity contribution in [1.29, 1.82) is 0 Å². The number of rotatable bonds is 8. The van der Waals surface area contributed by atoms with Gasteiger partial charge in [0.05, 0.1) is 0 Å². The molecule has 0 unspecified atom stereocenters. The summed E-state index contributed by atoms with van der Waals surface area (Å²) in [6.45, 7) is 0.168.